The Morgan fingerprint density at radius 1 is 1.31 bits per heavy atom. The average molecular weight is 228 g/mol. The molecule has 1 saturated heterocycles. The van der Waals surface area contributed by atoms with Gasteiger partial charge in [-0.3, -0.25) is 0 Å². The van der Waals surface area contributed by atoms with E-state index in [0.29, 0.717) is 6.10 Å². The molecule has 0 aliphatic carbocycles. The predicted octanol–water partition coefficient (Wildman–Crippen LogP) is 1.73. The molecule has 0 amide bonds. The van der Waals surface area contributed by atoms with Gasteiger partial charge in [-0.1, -0.05) is 20.8 Å². The van der Waals surface area contributed by atoms with Gasteiger partial charge < -0.3 is 15.0 Å². The van der Waals surface area contributed by atoms with Gasteiger partial charge >= 0.3 is 0 Å². The van der Waals surface area contributed by atoms with E-state index in [4.69, 9.17) is 4.74 Å². The Morgan fingerprint density at radius 2 is 2.06 bits per heavy atom. The SMILES string of the molecule is CCN(CC)CCCNCC1OCCC1C. The van der Waals surface area contributed by atoms with Crippen molar-refractivity contribution in [3.63, 3.8) is 0 Å². The Labute approximate surface area is 101 Å². The quantitative estimate of drug-likeness (QED) is 0.640. The first kappa shape index (κ1) is 13.9. The van der Waals surface area contributed by atoms with Crippen LogP contribution in [0.15, 0.2) is 0 Å². The zero-order chi connectivity index (χ0) is 11.8. The number of hydrogen-bond acceptors (Lipinski definition) is 3. The normalized spacial score (nSPS) is 25.5. The molecule has 0 aromatic carbocycles. The lowest BCUT2D eigenvalue weighted by Gasteiger charge is -2.19. The van der Waals surface area contributed by atoms with E-state index in [-0.39, 0.29) is 0 Å². The van der Waals surface area contributed by atoms with Crippen molar-refractivity contribution in [2.75, 3.05) is 39.3 Å². The highest BCUT2D eigenvalue weighted by atomic mass is 16.5. The average Bonchev–Trinajstić information content (AvgIpc) is 2.70. The van der Waals surface area contributed by atoms with Crippen LogP contribution in [0.2, 0.25) is 0 Å². The topological polar surface area (TPSA) is 24.5 Å². The van der Waals surface area contributed by atoms with Crippen molar-refractivity contribution in [3.05, 3.63) is 0 Å². The molecule has 0 radical (unpaired) electrons. The molecule has 0 saturated carbocycles. The molecule has 0 aromatic rings. The summed E-state index contributed by atoms with van der Waals surface area (Å²) in [7, 11) is 0. The molecule has 3 heteroatoms. The maximum atomic E-state index is 5.66. The van der Waals surface area contributed by atoms with E-state index >= 15 is 0 Å². The summed E-state index contributed by atoms with van der Waals surface area (Å²) in [5.74, 6) is 0.732. The smallest absolute Gasteiger partial charge is 0.0725 e. The molecule has 3 nitrogen and oxygen atoms in total. The molecule has 96 valence electrons. The van der Waals surface area contributed by atoms with Gasteiger partial charge in [-0.15, -0.1) is 0 Å². The van der Waals surface area contributed by atoms with Gasteiger partial charge in [0, 0.05) is 13.2 Å². The fourth-order valence-corrected chi connectivity index (χ4v) is 2.23. The van der Waals surface area contributed by atoms with Gasteiger partial charge in [-0.25, -0.2) is 0 Å². The third kappa shape index (κ3) is 4.81. The molecular weight excluding hydrogens is 200 g/mol. The molecular formula is C13H28N2O. The van der Waals surface area contributed by atoms with Gasteiger partial charge in [0.25, 0.3) is 0 Å². The second-order valence-corrected chi connectivity index (χ2v) is 4.76. The van der Waals surface area contributed by atoms with E-state index in [1.807, 2.05) is 0 Å². The van der Waals surface area contributed by atoms with Crippen molar-refractivity contribution in [2.45, 2.75) is 39.7 Å². The number of rotatable bonds is 8. The Bertz CT molecular complexity index is 171. The van der Waals surface area contributed by atoms with E-state index in [0.717, 1.165) is 25.6 Å². The van der Waals surface area contributed by atoms with Gasteiger partial charge in [0.05, 0.1) is 6.10 Å². The van der Waals surface area contributed by atoms with Crippen molar-refractivity contribution in [2.24, 2.45) is 5.92 Å². The fraction of sp³-hybridized carbons (Fsp3) is 1.00. The van der Waals surface area contributed by atoms with Crippen molar-refractivity contribution in [3.8, 4) is 0 Å². The Kier molecular flexibility index (Phi) is 7.01. The second kappa shape index (κ2) is 8.04. The highest BCUT2D eigenvalue weighted by molar-refractivity contribution is 4.74. The van der Waals surface area contributed by atoms with Gasteiger partial charge in [-0.2, -0.15) is 0 Å². The molecule has 1 aliphatic rings. The minimum Gasteiger partial charge on any atom is -0.377 e. The summed E-state index contributed by atoms with van der Waals surface area (Å²) < 4.78 is 5.66. The molecule has 0 aromatic heterocycles. The summed E-state index contributed by atoms with van der Waals surface area (Å²) in [5, 5.41) is 3.51. The van der Waals surface area contributed by atoms with Crippen molar-refractivity contribution in [1.29, 1.82) is 0 Å². The highest BCUT2D eigenvalue weighted by Gasteiger charge is 2.23. The molecule has 1 rings (SSSR count). The van der Waals surface area contributed by atoms with Crippen LogP contribution in [0, 0.1) is 5.92 Å². The van der Waals surface area contributed by atoms with Crippen molar-refractivity contribution >= 4 is 0 Å². The van der Waals surface area contributed by atoms with Crippen molar-refractivity contribution in [1.82, 2.24) is 10.2 Å². The molecule has 2 atom stereocenters. The van der Waals surface area contributed by atoms with Crippen LogP contribution >= 0.6 is 0 Å². The third-order valence-corrected chi connectivity index (χ3v) is 3.61. The zero-order valence-electron chi connectivity index (χ0n) is 11.2. The Hall–Kier alpha value is -0.120. The lowest BCUT2D eigenvalue weighted by molar-refractivity contribution is 0.0932. The molecule has 0 bridgehead atoms. The first-order chi connectivity index (χ1) is 7.77. The van der Waals surface area contributed by atoms with E-state index < -0.39 is 0 Å². The number of hydrogen-bond donors (Lipinski definition) is 1. The van der Waals surface area contributed by atoms with E-state index in [9.17, 15) is 0 Å². The minimum absolute atomic E-state index is 0.452. The van der Waals surface area contributed by atoms with Crippen LogP contribution in [-0.4, -0.2) is 50.3 Å². The van der Waals surface area contributed by atoms with Gasteiger partial charge in [0.2, 0.25) is 0 Å². The van der Waals surface area contributed by atoms with Crippen LogP contribution < -0.4 is 5.32 Å². The molecule has 0 spiro atoms. The third-order valence-electron chi connectivity index (χ3n) is 3.61. The van der Waals surface area contributed by atoms with Gasteiger partial charge in [0.15, 0.2) is 0 Å². The van der Waals surface area contributed by atoms with Crippen LogP contribution in [0.25, 0.3) is 0 Å². The summed E-state index contributed by atoms with van der Waals surface area (Å²) in [6.07, 6.45) is 2.92. The largest absolute Gasteiger partial charge is 0.377 e. The number of ether oxygens (including phenoxy) is 1. The van der Waals surface area contributed by atoms with Crippen LogP contribution in [-0.2, 0) is 4.74 Å². The van der Waals surface area contributed by atoms with E-state index in [1.165, 1.54) is 32.5 Å². The van der Waals surface area contributed by atoms with Crippen molar-refractivity contribution < 1.29 is 4.74 Å². The Balaban J connectivity index is 1.95. The standard InChI is InChI=1S/C13H28N2O/c1-4-15(5-2)9-6-8-14-11-13-12(3)7-10-16-13/h12-14H,4-11H2,1-3H3. The Morgan fingerprint density at radius 3 is 2.62 bits per heavy atom. The summed E-state index contributed by atoms with van der Waals surface area (Å²) >= 11 is 0. The monoisotopic (exact) mass is 228 g/mol. The van der Waals surface area contributed by atoms with Crippen LogP contribution in [0.5, 0.6) is 0 Å². The summed E-state index contributed by atoms with van der Waals surface area (Å²) in [6.45, 7) is 13.4. The highest BCUT2D eigenvalue weighted by Crippen LogP contribution is 2.18. The van der Waals surface area contributed by atoms with Gasteiger partial charge in [0.1, 0.15) is 0 Å². The number of nitrogens with zero attached hydrogens (tertiary/aromatic N) is 1. The second-order valence-electron chi connectivity index (χ2n) is 4.76. The summed E-state index contributed by atoms with van der Waals surface area (Å²) in [5.41, 5.74) is 0. The maximum absolute atomic E-state index is 5.66. The molecule has 1 aliphatic heterocycles. The zero-order valence-corrected chi connectivity index (χ0v) is 11.2. The van der Waals surface area contributed by atoms with Crippen LogP contribution in [0.4, 0.5) is 0 Å². The van der Waals surface area contributed by atoms with E-state index in [2.05, 4.69) is 31.0 Å². The first-order valence-electron chi connectivity index (χ1n) is 6.82. The minimum atomic E-state index is 0.452. The molecule has 16 heavy (non-hydrogen) atoms. The summed E-state index contributed by atoms with van der Waals surface area (Å²) in [4.78, 5) is 2.47. The summed E-state index contributed by atoms with van der Waals surface area (Å²) in [6, 6.07) is 0. The van der Waals surface area contributed by atoms with Crippen LogP contribution in [0.1, 0.15) is 33.6 Å². The predicted molar refractivity (Wildman–Crippen MR) is 68.8 cm³/mol. The van der Waals surface area contributed by atoms with Crippen LogP contribution in [0.3, 0.4) is 0 Å². The molecule has 1 N–H and O–H groups in total. The lowest BCUT2D eigenvalue weighted by atomic mass is 10.0. The lowest BCUT2D eigenvalue weighted by Crippen LogP contribution is -2.32. The molecule has 1 fully saturated rings. The number of nitrogens with one attached hydrogen (secondary N) is 1. The first-order valence-corrected chi connectivity index (χ1v) is 6.82. The molecule has 1 heterocycles. The van der Waals surface area contributed by atoms with Gasteiger partial charge in [-0.05, 0) is 44.9 Å². The van der Waals surface area contributed by atoms with E-state index in [1.54, 1.807) is 0 Å². The fourth-order valence-electron chi connectivity index (χ4n) is 2.23. The molecule has 2 unspecified atom stereocenters. The maximum Gasteiger partial charge on any atom is 0.0725 e.